The molecule has 1 aliphatic heterocycles. The van der Waals surface area contributed by atoms with Gasteiger partial charge in [-0.05, 0) is 31.2 Å². The fraction of sp³-hybridized carbons (Fsp3) is 0.316. The molecule has 0 unspecified atom stereocenters. The number of fused-ring (bicyclic) bond motifs is 1. The van der Waals surface area contributed by atoms with Crippen molar-refractivity contribution in [2.45, 2.75) is 19.3 Å². The molecule has 150 valence electrons. The molecule has 0 saturated carbocycles. The first-order chi connectivity index (χ1) is 13.2. The number of alkyl halides is 3. The van der Waals surface area contributed by atoms with E-state index in [1.165, 1.54) is 25.3 Å². The number of ether oxygens (including phenoxy) is 2. The highest BCUT2D eigenvalue weighted by atomic mass is 35.5. The zero-order valence-electron chi connectivity index (χ0n) is 15.1. The van der Waals surface area contributed by atoms with Crippen LogP contribution in [0.1, 0.15) is 29.0 Å². The van der Waals surface area contributed by atoms with E-state index in [0.29, 0.717) is 17.9 Å². The number of benzene rings is 2. The number of rotatable bonds is 5. The van der Waals surface area contributed by atoms with E-state index in [1.54, 1.807) is 25.1 Å². The highest BCUT2D eigenvalue weighted by Gasteiger charge is 2.41. The molecule has 2 aromatic rings. The molecule has 1 amide bonds. The Morgan fingerprint density at radius 3 is 2.61 bits per heavy atom. The Morgan fingerprint density at radius 2 is 1.96 bits per heavy atom. The van der Waals surface area contributed by atoms with Crippen LogP contribution in [-0.2, 0) is 0 Å². The molecule has 0 aromatic heterocycles. The molecule has 0 radical (unpaired) electrons. The second kappa shape index (κ2) is 7.79. The lowest BCUT2D eigenvalue weighted by atomic mass is 10.0. The maximum absolute atomic E-state index is 13.2. The Balaban J connectivity index is 2.11. The summed E-state index contributed by atoms with van der Waals surface area (Å²) in [5.41, 5.74) is 0.967. The first-order valence-electron chi connectivity index (χ1n) is 8.48. The van der Waals surface area contributed by atoms with Crippen LogP contribution in [0, 0.1) is 0 Å². The van der Waals surface area contributed by atoms with Gasteiger partial charge in [0.1, 0.15) is 12.7 Å². The fourth-order valence-electron chi connectivity index (χ4n) is 3.12. The summed E-state index contributed by atoms with van der Waals surface area (Å²) < 4.78 is 50.3. The van der Waals surface area contributed by atoms with Gasteiger partial charge in [0.2, 0.25) is 0 Å². The van der Waals surface area contributed by atoms with Gasteiger partial charge in [0.25, 0.3) is 5.91 Å². The quantitative estimate of drug-likeness (QED) is 0.758. The van der Waals surface area contributed by atoms with Gasteiger partial charge in [-0.1, -0.05) is 23.7 Å². The number of hydrogen-bond acceptors (Lipinski definition) is 4. The summed E-state index contributed by atoms with van der Waals surface area (Å²) in [6.07, 6.45) is -5.65. The molecule has 1 atom stereocenters. The van der Waals surface area contributed by atoms with E-state index in [9.17, 15) is 18.0 Å². The SMILES string of the molecule is CCOc1cc([C@@H]2Nc3ccccc3C(=O)N2CC(F)(F)F)cc(Cl)c1OC. The first-order valence-corrected chi connectivity index (χ1v) is 8.86. The molecule has 1 N–H and O–H groups in total. The van der Waals surface area contributed by atoms with E-state index in [4.69, 9.17) is 21.1 Å². The minimum atomic E-state index is -4.57. The number of methoxy groups -OCH3 is 1. The molecule has 0 saturated heterocycles. The summed E-state index contributed by atoms with van der Waals surface area (Å²) in [7, 11) is 1.41. The van der Waals surface area contributed by atoms with Crippen molar-refractivity contribution < 1.29 is 27.4 Å². The zero-order valence-corrected chi connectivity index (χ0v) is 15.9. The van der Waals surface area contributed by atoms with Gasteiger partial charge in [-0.25, -0.2) is 0 Å². The van der Waals surface area contributed by atoms with Crippen LogP contribution < -0.4 is 14.8 Å². The lowest BCUT2D eigenvalue weighted by molar-refractivity contribution is -0.144. The van der Waals surface area contributed by atoms with Gasteiger partial charge in [-0.2, -0.15) is 13.2 Å². The molecule has 1 aliphatic rings. The van der Waals surface area contributed by atoms with Crippen molar-refractivity contribution >= 4 is 23.2 Å². The van der Waals surface area contributed by atoms with Gasteiger partial charge < -0.3 is 19.7 Å². The molecule has 2 aromatic carbocycles. The molecule has 9 heteroatoms. The van der Waals surface area contributed by atoms with Crippen LogP contribution in [0.25, 0.3) is 0 Å². The first kappa shape index (κ1) is 20.1. The number of carbonyl (C=O) groups is 1. The van der Waals surface area contributed by atoms with Crippen molar-refractivity contribution in [3.8, 4) is 11.5 Å². The molecular formula is C19H18ClF3N2O3. The molecule has 0 spiro atoms. The Labute approximate surface area is 165 Å². The van der Waals surface area contributed by atoms with Gasteiger partial charge in [-0.3, -0.25) is 4.79 Å². The molecule has 3 rings (SSSR count). The van der Waals surface area contributed by atoms with Crippen LogP contribution >= 0.6 is 11.6 Å². The Bertz CT molecular complexity index is 889. The average molecular weight is 415 g/mol. The van der Waals surface area contributed by atoms with Crippen molar-refractivity contribution in [1.29, 1.82) is 0 Å². The average Bonchev–Trinajstić information content (AvgIpc) is 2.63. The van der Waals surface area contributed by atoms with Gasteiger partial charge in [-0.15, -0.1) is 0 Å². The minimum absolute atomic E-state index is 0.170. The van der Waals surface area contributed by atoms with Gasteiger partial charge in [0.05, 0.1) is 24.3 Å². The summed E-state index contributed by atoms with van der Waals surface area (Å²) in [5.74, 6) is -0.161. The zero-order chi connectivity index (χ0) is 20.5. The number of hydrogen-bond donors (Lipinski definition) is 1. The third kappa shape index (κ3) is 3.96. The standard InChI is InChI=1S/C19H18ClF3N2O3/c1-3-28-15-9-11(8-13(20)16(15)27-2)17-24-14-7-5-4-6-12(14)18(26)25(17)10-19(21,22)23/h4-9,17,24H,3,10H2,1-2H3/t17-/m1/s1. The Morgan fingerprint density at radius 1 is 1.25 bits per heavy atom. The number of anilines is 1. The maximum Gasteiger partial charge on any atom is 0.406 e. The largest absolute Gasteiger partial charge is 0.491 e. The summed E-state index contributed by atoms with van der Waals surface area (Å²) in [6, 6.07) is 9.41. The monoisotopic (exact) mass is 414 g/mol. The predicted octanol–water partition coefficient (Wildman–Crippen LogP) is 4.88. The number of carbonyl (C=O) groups excluding carboxylic acids is 1. The highest BCUT2D eigenvalue weighted by Crippen LogP contribution is 2.41. The van der Waals surface area contributed by atoms with E-state index in [0.717, 1.165) is 4.90 Å². The van der Waals surface area contributed by atoms with Crippen LogP contribution in [0.4, 0.5) is 18.9 Å². The summed E-state index contributed by atoms with van der Waals surface area (Å²) in [5, 5.41) is 3.17. The second-order valence-corrected chi connectivity index (χ2v) is 6.52. The van der Waals surface area contributed by atoms with Crippen molar-refractivity contribution in [2.24, 2.45) is 0 Å². The molecule has 28 heavy (non-hydrogen) atoms. The third-order valence-electron chi connectivity index (χ3n) is 4.22. The molecular weight excluding hydrogens is 397 g/mol. The summed E-state index contributed by atoms with van der Waals surface area (Å²) in [6.45, 7) is 0.655. The van der Waals surface area contributed by atoms with Crippen LogP contribution in [-0.4, -0.2) is 37.2 Å². The van der Waals surface area contributed by atoms with E-state index >= 15 is 0 Å². The van der Waals surface area contributed by atoms with Gasteiger partial charge in [0.15, 0.2) is 11.5 Å². The number of nitrogens with zero attached hydrogens (tertiary/aromatic N) is 1. The van der Waals surface area contributed by atoms with E-state index in [-0.39, 0.29) is 22.1 Å². The minimum Gasteiger partial charge on any atom is -0.491 e. The predicted molar refractivity (Wildman–Crippen MR) is 99.1 cm³/mol. The number of para-hydroxylation sites is 1. The molecule has 1 heterocycles. The summed E-state index contributed by atoms with van der Waals surface area (Å²) in [4.78, 5) is 13.5. The molecule has 5 nitrogen and oxygen atoms in total. The van der Waals surface area contributed by atoms with Crippen molar-refractivity contribution in [3.63, 3.8) is 0 Å². The third-order valence-corrected chi connectivity index (χ3v) is 4.50. The van der Waals surface area contributed by atoms with Crippen LogP contribution in [0.2, 0.25) is 5.02 Å². The number of nitrogens with one attached hydrogen (secondary N) is 1. The van der Waals surface area contributed by atoms with E-state index in [2.05, 4.69) is 5.32 Å². The van der Waals surface area contributed by atoms with Crippen molar-refractivity contribution in [1.82, 2.24) is 4.90 Å². The molecule has 0 fully saturated rings. The lowest BCUT2D eigenvalue weighted by Gasteiger charge is -2.38. The fourth-order valence-corrected chi connectivity index (χ4v) is 3.42. The van der Waals surface area contributed by atoms with E-state index < -0.39 is 24.8 Å². The topological polar surface area (TPSA) is 50.8 Å². The molecule has 0 aliphatic carbocycles. The lowest BCUT2D eigenvalue weighted by Crippen LogP contribution is -2.47. The van der Waals surface area contributed by atoms with Crippen LogP contribution in [0.3, 0.4) is 0 Å². The van der Waals surface area contributed by atoms with Crippen LogP contribution in [0.5, 0.6) is 11.5 Å². The van der Waals surface area contributed by atoms with Crippen molar-refractivity contribution in [2.75, 3.05) is 25.6 Å². The number of halogens is 4. The maximum atomic E-state index is 13.2. The van der Waals surface area contributed by atoms with Gasteiger partial charge >= 0.3 is 6.18 Å². The van der Waals surface area contributed by atoms with Crippen molar-refractivity contribution in [3.05, 3.63) is 52.5 Å². The highest BCUT2D eigenvalue weighted by molar-refractivity contribution is 6.32. The van der Waals surface area contributed by atoms with E-state index in [1.807, 2.05) is 0 Å². The Kier molecular flexibility index (Phi) is 5.60. The normalized spacial score (nSPS) is 16.4. The number of amides is 1. The second-order valence-electron chi connectivity index (χ2n) is 6.11. The summed E-state index contributed by atoms with van der Waals surface area (Å²) >= 11 is 6.25. The van der Waals surface area contributed by atoms with Gasteiger partial charge in [0, 0.05) is 11.3 Å². The van der Waals surface area contributed by atoms with Crippen LogP contribution in [0.15, 0.2) is 36.4 Å². The Hall–Kier alpha value is -2.61. The molecule has 0 bridgehead atoms. The smallest absolute Gasteiger partial charge is 0.406 e.